The van der Waals surface area contributed by atoms with E-state index >= 15 is 0 Å². The standard InChI is InChI=1S/C24H51O7PSSi2/c1-13-18-22(21(15-26-18)31-35(11,12)24(6,7)8)29-32(25,33)28-16-19-17(2)20(14-27-19)30-34(9,10)23(3,4)5/h17-22H,13-16H2,1-12H3,(H,25,33)/t17?,18-,19-,20-,21-,22?,32?/m1/s1. The van der Waals surface area contributed by atoms with E-state index in [1.165, 1.54) is 0 Å². The van der Waals surface area contributed by atoms with Gasteiger partial charge in [-0.1, -0.05) is 55.4 Å². The monoisotopic (exact) mass is 570 g/mol. The van der Waals surface area contributed by atoms with Crippen LogP contribution in [0.2, 0.25) is 36.3 Å². The molecule has 2 rings (SSSR count). The molecule has 11 heteroatoms. The summed E-state index contributed by atoms with van der Waals surface area (Å²) in [5.74, 6) is 0.131. The van der Waals surface area contributed by atoms with Gasteiger partial charge in [0.2, 0.25) is 0 Å². The number of hydrogen-bond acceptors (Lipinski definition) is 7. The van der Waals surface area contributed by atoms with Gasteiger partial charge < -0.3 is 27.7 Å². The first-order valence-electron chi connectivity index (χ1n) is 13.0. The molecule has 7 atom stereocenters. The Balaban J connectivity index is 1.99. The molecule has 2 heterocycles. The summed E-state index contributed by atoms with van der Waals surface area (Å²) in [6, 6.07) is 0. The lowest BCUT2D eigenvalue weighted by Crippen LogP contribution is -2.48. The summed E-state index contributed by atoms with van der Waals surface area (Å²) in [5, 5.41) is 0.181. The average Bonchev–Trinajstić information content (AvgIpc) is 3.21. The molecule has 2 saturated heterocycles. The Morgan fingerprint density at radius 1 is 0.886 bits per heavy atom. The molecular weight excluding hydrogens is 519 g/mol. The van der Waals surface area contributed by atoms with Gasteiger partial charge in [-0.25, -0.2) is 0 Å². The van der Waals surface area contributed by atoms with E-state index in [0.717, 1.165) is 6.42 Å². The molecule has 0 aromatic carbocycles. The molecule has 7 nitrogen and oxygen atoms in total. The number of hydrogen-bond donors (Lipinski definition) is 1. The molecule has 0 aromatic heterocycles. The van der Waals surface area contributed by atoms with Crippen molar-refractivity contribution in [2.45, 2.75) is 129 Å². The minimum atomic E-state index is -3.53. The molecule has 208 valence electrons. The van der Waals surface area contributed by atoms with Gasteiger partial charge in [0.1, 0.15) is 6.10 Å². The smallest absolute Gasteiger partial charge is 0.325 e. The molecule has 35 heavy (non-hydrogen) atoms. The molecule has 0 radical (unpaired) electrons. The third-order valence-electron chi connectivity index (χ3n) is 8.42. The van der Waals surface area contributed by atoms with E-state index in [2.05, 4.69) is 74.7 Å². The zero-order valence-corrected chi connectivity index (χ0v) is 27.8. The maximum Gasteiger partial charge on any atom is 0.325 e. The summed E-state index contributed by atoms with van der Waals surface area (Å²) in [5.41, 5.74) is 0. The van der Waals surface area contributed by atoms with Crippen molar-refractivity contribution >= 4 is 35.2 Å². The summed E-state index contributed by atoms with van der Waals surface area (Å²) in [6.07, 6.45) is -0.371. The predicted molar refractivity (Wildman–Crippen MR) is 150 cm³/mol. The van der Waals surface area contributed by atoms with Crippen LogP contribution in [-0.4, -0.2) is 71.9 Å². The third-order valence-corrected chi connectivity index (χ3v) is 19.0. The maximum absolute atomic E-state index is 11.0. The molecule has 1 N–H and O–H groups in total. The third kappa shape index (κ3) is 8.15. The largest absolute Gasteiger partial charge is 0.411 e. The van der Waals surface area contributed by atoms with Gasteiger partial charge in [0.15, 0.2) is 16.6 Å². The fraction of sp³-hybridized carbons (Fsp3) is 1.00. The van der Waals surface area contributed by atoms with E-state index in [0.29, 0.717) is 13.2 Å². The highest BCUT2D eigenvalue weighted by molar-refractivity contribution is 8.07. The summed E-state index contributed by atoms with van der Waals surface area (Å²) in [7, 11) is -3.97. The van der Waals surface area contributed by atoms with Crippen LogP contribution in [0.25, 0.3) is 0 Å². The molecule has 0 spiro atoms. The van der Waals surface area contributed by atoms with Crippen molar-refractivity contribution in [2.75, 3.05) is 19.8 Å². The van der Waals surface area contributed by atoms with Crippen LogP contribution in [-0.2, 0) is 39.2 Å². The van der Waals surface area contributed by atoms with Crippen LogP contribution < -0.4 is 0 Å². The molecule has 0 bridgehead atoms. The molecule has 0 amide bonds. The molecule has 2 fully saturated rings. The SMILES string of the molecule is CC[C@H]1OC[C@@H](O[Si](C)(C)C(C)(C)C)C1OP(O)(=S)OC[C@H]1OC[C@@H](O[Si](C)(C)C(C)(C)C)C1C. The molecular formula is C24H51O7PSSi2. The lowest BCUT2D eigenvalue weighted by molar-refractivity contribution is 0.0101. The Hall–Kier alpha value is 0.804. The Morgan fingerprint density at radius 3 is 1.83 bits per heavy atom. The lowest BCUT2D eigenvalue weighted by Gasteiger charge is -2.40. The van der Waals surface area contributed by atoms with Crippen LogP contribution >= 0.6 is 6.72 Å². The van der Waals surface area contributed by atoms with Crippen molar-refractivity contribution < 1.29 is 32.3 Å². The van der Waals surface area contributed by atoms with Crippen LogP contribution in [0.1, 0.15) is 61.8 Å². The van der Waals surface area contributed by atoms with Crippen molar-refractivity contribution in [1.82, 2.24) is 0 Å². The summed E-state index contributed by atoms with van der Waals surface area (Å²) < 4.78 is 37.0. The zero-order valence-electron chi connectivity index (χ0n) is 24.0. The van der Waals surface area contributed by atoms with Crippen LogP contribution in [0.15, 0.2) is 0 Å². The highest BCUT2D eigenvalue weighted by Gasteiger charge is 2.48. The summed E-state index contributed by atoms with van der Waals surface area (Å²) >= 11 is 5.43. The highest BCUT2D eigenvalue weighted by Crippen LogP contribution is 2.49. The molecule has 0 saturated carbocycles. The minimum Gasteiger partial charge on any atom is -0.411 e. The lowest BCUT2D eigenvalue weighted by atomic mass is 10.0. The fourth-order valence-electron chi connectivity index (χ4n) is 3.80. The summed E-state index contributed by atoms with van der Waals surface area (Å²) in [4.78, 5) is 11.0. The van der Waals surface area contributed by atoms with Crippen LogP contribution in [0.4, 0.5) is 0 Å². The first-order valence-corrected chi connectivity index (χ1v) is 21.4. The van der Waals surface area contributed by atoms with Gasteiger partial charge in [0, 0.05) is 5.92 Å². The first kappa shape index (κ1) is 32.0. The second kappa shape index (κ2) is 11.5. The quantitative estimate of drug-likeness (QED) is 0.245. The predicted octanol–water partition coefficient (Wildman–Crippen LogP) is 6.23. The molecule has 0 aromatic rings. The van der Waals surface area contributed by atoms with Gasteiger partial charge in [-0.05, 0) is 54.5 Å². The van der Waals surface area contributed by atoms with E-state index < -0.39 is 29.5 Å². The normalized spacial score (nSPS) is 32.7. The molecule has 3 unspecified atom stereocenters. The Morgan fingerprint density at radius 2 is 1.34 bits per heavy atom. The van der Waals surface area contributed by atoms with E-state index in [4.69, 9.17) is 39.2 Å². The molecule has 2 aliphatic heterocycles. The van der Waals surface area contributed by atoms with E-state index in [1.54, 1.807) is 0 Å². The van der Waals surface area contributed by atoms with Crippen LogP contribution in [0, 0.1) is 5.92 Å². The van der Waals surface area contributed by atoms with Crippen LogP contribution in [0.3, 0.4) is 0 Å². The Kier molecular flexibility index (Phi) is 10.5. The van der Waals surface area contributed by atoms with E-state index in [1.807, 2.05) is 6.92 Å². The fourth-order valence-corrected chi connectivity index (χ4v) is 7.96. The number of ether oxygens (including phenoxy) is 2. The topological polar surface area (TPSA) is 75.6 Å². The van der Waals surface area contributed by atoms with E-state index in [9.17, 15) is 4.89 Å². The van der Waals surface area contributed by atoms with Gasteiger partial charge in [-0.3, -0.25) is 4.52 Å². The zero-order chi connectivity index (χ0) is 27.0. The second-order valence-corrected chi connectivity index (χ2v) is 25.5. The first-order chi connectivity index (χ1) is 15.7. The van der Waals surface area contributed by atoms with Gasteiger partial charge in [-0.2, -0.15) is 0 Å². The molecule has 0 aliphatic carbocycles. The van der Waals surface area contributed by atoms with Crippen LogP contribution in [0.5, 0.6) is 0 Å². The number of rotatable bonds is 10. The molecule has 2 aliphatic rings. The highest BCUT2D eigenvalue weighted by atomic mass is 32.5. The van der Waals surface area contributed by atoms with Gasteiger partial charge >= 0.3 is 6.72 Å². The van der Waals surface area contributed by atoms with Crippen molar-refractivity contribution in [3.05, 3.63) is 0 Å². The minimum absolute atomic E-state index is 0.0111. The second-order valence-electron chi connectivity index (χ2n) is 13.2. The van der Waals surface area contributed by atoms with Gasteiger partial charge in [0.05, 0.1) is 44.2 Å². The summed E-state index contributed by atoms with van der Waals surface area (Å²) in [6.45, 7) is 24.0. The maximum atomic E-state index is 11.0. The van der Waals surface area contributed by atoms with Crippen molar-refractivity contribution in [3.63, 3.8) is 0 Å². The Labute approximate surface area is 221 Å². The van der Waals surface area contributed by atoms with E-state index in [-0.39, 0.29) is 47.0 Å². The Bertz CT molecular complexity index is 753. The van der Waals surface area contributed by atoms with Crippen molar-refractivity contribution in [2.24, 2.45) is 5.92 Å². The van der Waals surface area contributed by atoms with Crippen molar-refractivity contribution in [3.8, 4) is 0 Å². The van der Waals surface area contributed by atoms with Crippen molar-refractivity contribution in [1.29, 1.82) is 0 Å². The van der Waals surface area contributed by atoms with Gasteiger partial charge in [-0.15, -0.1) is 0 Å². The average molecular weight is 571 g/mol. The van der Waals surface area contributed by atoms with Gasteiger partial charge in [0.25, 0.3) is 0 Å².